The molecule has 1 aliphatic carbocycles. The van der Waals surface area contributed by atoms with Crippen molar-refractivity contribution in [1.29, 1.82) is 0 Å². The summed E-state index contributed by atoms with van der Waals surface area (Å²) in [7, 11) is -3.33. The van der Waals surface area contributed by atoms with Gasteiger partial charge in [0.1, 0.15) is 0 Å². The van der Waals surface area contributed by atoms with E-state index in [0.29, 0.717) is 5.69 Å². The Kier molecular flexibility index (Phi) is 3.84. The molecule has 0 saturated heterocycles. The summed E-state index contributed by atoms with van der Waals surface area (Å²) in [5, 5.41) is 2.74. The highest BCUT2D eigenvalue weighted by molar-refractivity contribution is 7.90. The maximum Gasteiger partial charge on any atom is 0.231 e. The van der Waals surface area contributed by atoms with Crippen LogP contribution >= 0.6 is 0 Å². The van der Waals surface area contributed by atoms with Crippen LogP contribution in [0.25, 0.3) is 0 Å². The third-order valence-corrected chi connectivity index (χ3v) is 4.92. The molecule has 0 aromatic carbocycles. The molecule has 1 aromatic rings. The SMILES string of the molecule is CC1(C(=O)Nc2ccc(S(C)(=O)=O)nc2)CCCC1N. The maximum absolute atomic E-state index is 12.3. The second-order valence-electron chi connectivity index (χ2n) is 5.53. The van der Waals surface area contributed by atoms with Gasteiger partial charge in [0.2, 0.25) is 5.91 Å². The Hall–Kier alpha value is -1.47. The van der Waals surface area contributed by atoms with Crippen molar-refractivity contribution in [2.45, 2.75) is 37.3 Å². The molecule has 20 heavy (non-hydrogen) atoms. The highest BCUT2D eigenvalue weighted by Gasteiger charge is 2.42. The molecule has 1 amide bonds. The first kappa shape index (κ1) is 14.9. The normalized spacial score (nSPS) is 26.4. The van der Waals surface area contributed by atoms with Gasteiger partial charge in [0.15, 0.2) is 14.9 Å². The molecule has 0 radical (unpaired) electrons. The molecule has 0 bridgehead atoms. The summed E-state index contributed by atoms with van der Waals surface area (Å²) in [5.41, 5.74) is 5.89. The zero-order chi connectivity index (χ0) is 15.0. The Balaban J connectivity index is 2.13. The van der Waals surface area contributed by atoms with E-state index in [1.807, 2.05) is 6.92 Å². The van der Waals surface area contributed by atoms with Crippen LogP contribution in [0.3, 0.4) is 0 Å². The van der Waals surface area contributed by atoms with E-state index in [4.69, 9.17) is 5.73 Å². The minimum atomic E-state index is -3.33. The number of anilines is 1. The minimum absolute atomic E-state index is 0.0146. The number of hydrogen-bond donors (Lipinski definition) is 2. The molecule has 2 atom stereocenters. The first-order valence-electron chi connectivity index (χ1n) is 6.46. The van der Waals surface area contributed by atoms with Crippen LogP contribution in [0.2, 0.25) is 0 Å². The van der Waals surface area contributed by atoms with Gasteiger partial charge in [-0.1, -0.05) is 6.42 Å². The average molecular weight is 297 g/mol. The first-order valence-corrected chi connectivity index (χ1v) is 8.36. The molecule has 0 aliphatic heterocycles. The lowest BCUT2D eigenvalue weighted by Gasteiger charge is -2.27. The molecule has 1 fully saturated rings. The first-order chi connectivity index (χ1) is 9.23. The topological polar surface area (TPSA) is 102 Å². The molecule has 7 heteroatoms. The van der Waals surface area contributed by atoms with Gasteiger partial charge in [-0.3, -0.25) is 4.79 Å². The van der Waals surface area contributed by atoms with E-state index >= 15 is 0 Å². The predicted octanol–water partition coefficient (Wildman–Crippen LogP) is 0.941. The molecule has 6 nitrogen and oxygen atoms in total. The summed E-state index contributed by atoms with van der Waals surface area (Å²) >= 11 is 0. The molecule has 2 unspecified atom stereocenters. The fourth-order valence-electron chi connectivity index (χ4n) is 2.42. The summed E-state index contributed by atoms with van der Waals surface area (Å²) in [5.74, 6) is -0.142. The Morgan fingerprint density at radius 1 is 1.50 bits per heavy atom. The van der Waals surface area contributed by atoms with Gasteiger partial charge < -0.3 is 11.1 Å². The fraction of sp³-hybridized carbons (Fsp3) is 0.538. The van der Waals surface area contributed by atoms with E-state index in [2.05, 4.69) is 10.3 Å². The van der Waals surface area contributed by atoms with Crippen LogP contribution in [0.15, 0.2) is 23.4 Å². The molecule has 1 aliphatic rings. The second-order valence-corrected chi connectivity index (χ2v) is 7.49. The number of nitrogens with zero attached hydrogens (tertiary/aromatic N) is 1. The molecule has 1 saturated carbocycles. The van der Waals surface area contributed by atoms with E-state index in [-0.39, 0.29) is 17.0 Å². The van der Waals surface area contributed by atoms with Crippen molar-refractivity contribution in [3.8, 4) is 0 Å². The highest BCUT2D eigenvalue weighted by Crippen LogP contribution is 2.37. The zero-order valence-electron chi connectivity index (χ0n) is 11.6. The van der Waals surface area contributed by atoms with Gasteiger partial charge in [-0.05, 0) is 31.9 Å². The number of nitrogens with two attached hydrogens (primary N) is 1. The standard InChI is InChI=1S/C13H19N3O3S/c1-13(7-3-4-10(13)14)12(17)16-9-5-6-11(15-8-9)20(2,18)19/h5-6,8,10H,3-4,7,14H2,1-2H3,(H,16,17). The molecule has 1 aromatic heterocycles. The number of carbonyl (C=O) groups is 1. The van der Waals surface area contributed by atoms with Crippen LogP contribution in [0.1, 0.15) is 26.2 Å². The average Bonchev–Trinajstić information content (AvgIpc) is 2.70. The van der Waals surface area contributed by atoms with Crippen LogP contribution in [-0.4, -0.2) is 31.6 Å². The summed E-state index contributed by atoms with van der Waals surface area (Å²) in [6.07, 6.45) is 4.98. The monoisotopic (exact) mass is 297 g/mol. The van der Waals surface area contributed by atoms with Crippen molar-refractivity contribution < 1.29 is 13.2 Å². The van der Waals surface area contributed by atoms with Gasteiger partial charge in [0.25, 0.3) is 0 Å². The van der Waals surface area contributed by atoms with Crippen LogP contribution < -0.4 is 11.1 Å². The van der Waals surface area contributed by atoms with Gasteiger partial charge in [-0.2, -0.15) is 0 Å². The van der Waals surface area contributed by atoms with E-state index in [9.17, 15) is 13.2 Å². The van der Waals surface area contributed by atoms with E-state index < -0.39 is 15.3 Å². The second kappa shape index (κ2) is 5.14. The maximum atomic E-state index is 12.3. The lowest BCUT2D eigenvalue weighted by Crippen LogP contribution is -2.44. The van der Waals surface area contributed by atoms with Crippen LogP contribution in [-0.2, 0) is 14.6 Å². The molecule has 110 valence electrons. The third kappa shape index (κ3) is 2.83. The molecule has 0 spiro atoms. The summed E-state index contributed by atoms with van der Waals surface area (Å²) < 4.78 is 22.6. The van der Waals surface area contributed by atoms with Crippen molar-refractivity contribution in [3.05, 3.63) is 18.3 Å². The number of hydrogen-bond acceptors (Lipinski definition) is 5. The highest BCUT2D eigenvalue weighted by atomic mass is 32.2. The van der Waals surface area contributed by atoms with Crippen molar-refractivity contribution in [2.75, 3.05) is 11.6 Å². The fourth-order valence-corrected chi connectivity index (χ4v) is 2.98. The van der Waals surface area contributed by atoms with E-state index in [1.54, 1.807) is 0 Å². The number of amides is 1. The molecule has 3 N–H and O–H groups in total. The molecule has 2 rings (SSSR count). The number of carbonyl (C=O) groups excluding carboxylic acids is 1. The van der Waals surface area contributed by atoms with E-state index in [0.717, 1.165) is 25.5 Å². The number of rotatable bonds is 3. The summed E-state index contributed by atoms with van der Waals surface area (Å²) in [4.78, 5) is 16.1. The number of nitrogens with one attached hydrogen (secondary N) is 1. The number of aromatic nitrogens is 1. The number of pyridine rings is 1. The van der Waals surface area contributed by atoms with Gasteiger partial charge in [-0.25, -0.2) is 13.4 Å². The largest absolute Gasteiger partial charge is 0.327 e. The van der Waals surface area contributed by atoms with Crippen molar-refractivity contribution in [2.24, 2.45) is 11.1 Å². The summed E-state index contributed by atoms with van der Waals surface area (Å²) in [6.45, 7) is 1.86. The molecular formula is C13H19N3O3S. The van der Waals surface area contributed by atoms with Crippen LogP contribution in [0.5, 0.6) is 0 Å². The van der Waals surface area contributed by atoms with E-state index in [1.165, 1.54) is 18.3 Å². The Bertz CT molecular complexity index is 612. The van der Waals surface area contributed by atoms with Gasteiger partial charge in [0.05, 0.1) is 17.3 Å². The Morgan fingerprint density at radius 3 is 2.65 bits per heavy atom. The Labute approximate surface area is 118 Å². The van der Waals surface area contributed by atoms with Crippen molar-refractivity contribution in [3.63, 3.8) is 0 Å². The van der Waals surface area contributed by atoms with Gasteiger partial charge in [-0.15, -0.1) is 0 Å². The van der Waals surface area contributed by atoms with Crippen LogP contribution in [0.4, 0.5) is 5.69 Å². The van der Waals surface area contributed by atoms with Gasteiger partial charge >= 0.3 is 0 Å². The van der Waals surface area contributed by atoms with Crippen LogP contribution in [0, 0.1) is 5.41 Å². The minimum Gasteiger partial charge on any atom is -0.327 e. The zero-order valence-corrected chi connectivity index (χ0v) is 12.4. The lowest BCUT2D eigenvalue weighted by molar-refractivity contribution is -0.125. The van der Waals surface area contributed by atoms with Gasteiger partial charge in [0, 0.05) is 12.3 Å². The quantitative estimate of drug-likeness (QED) is 0.864. The number of sulfone groups is 1. The lowest BCUT2D eigenvalue weighted by atomic mass is 9.84. The van der Waals surface area contributed by atoms with Crippen molar-refractivity contribution in [1.82, 2.24) is 4.98 Å². The smallest absolute Gasteiger partial charge is 0.231 e. The molecular weight excluding hydrogens is 278 g/mol. The summed E-state index contributed by atoms with van der Waals surface area (Å²) in [6, 6.07) is 2.76. The Morgan fingerprint density at radius 2 is 2.20 bits per heavy atom. The molecule has 1 heterocycles. The van der Waals surface area contributed by atoms with Crippen molar-refractivity contribution >= 4 is 21.4 Å². The predicted molar refractivity (Wildman–Crippen MR) is 75.9 cm³/mol. The third-order valence-electron chi connectivity index (χ3n) is 3.92.